The minimum absolute atomic E-state index is 0.116. The van der Waals surface area contributed by atoms with Crippen molar-refractivity contribution in [1.29, 1.82) is 5.26 Å². The van der Waals surface area contributed by atoms with E-state index in [0.717, 1.165) is 32.1 Å². The van der Waals surface area contributed by atoms with E-state index in [9.17, 15) is 24.3 Å². The Balaban J connectivity index is 1.67. The van der Waals surface area contributed by atoms with Crippen LogP contribution in [0.1, 0.15) is 54.9 Å². The molecule has 0 bridgehead atoms. The fraction of sp³-hybridized carbons (Fsp3) is 0.478. The lowest BCUT2D eigenvalue weighted by Gasteiger charge is -2.46. The molecule has 1 aromatic carbocycles. The topological polar surface area (TPSA) is 137 Å². The molecule has 1 unspecified atom stereocenters. The molecule has 10 heteroatoms. The Bertz CT molecular complexity index is 1060. The zero-order valence-electron chi connectivity index (χ0n) is 18.2. The first-order valence-corrected chi connectivity index (χ1v) is 11.2. The van der Waals surface area contributed by atoms with Gasteiger partial charge < -0.3 is 21.1 Å². The molecule has 1 aliphatic carbocycles. The van der Waals surface area contributed by atoms with Crippen LogP contribution in [0.15, 0.2) is 30.5 Å². The second-order valence-electron chi connectivity index (χ2n) is 8.74. The monoisotopic (exact) mass is 454 g/mol. The Kier molecular flexibility index (Phi) is 6.49. The Labute approximate surface area is 191 Å². The number of nitrogens with one attached hydrogen (secondary N) is 1. The summed E-state index contributed by atoms with van der Waals surface area (Å²) in [5.41, 5.74) is 6.24. The molecule has 2 aromatic rings. The third-order valence-corrected chi connectivity index (χ3v) is 6.78. The maximum Gasteiger partial charge on any atom is 0.407 e. The Morgan fingerprint density at radius 1 is 1.18 bits per heavy atom. The van der Waals surface area contributed by atoms with Crippen molar-refractivity contribution < 1.29 is 19.1 Å². The number of carboxylic acid groups (broad SMARTS) is 1. The van der Waals surface area contributed by atoms with Crippen LogP contribution in [-0.2, 0) is 0 Å². The second kappa shape index (κ2) is 9.48. The minimum Gasteiger partial charge on any atom is -0.465 e. The number of carbonyl (C=O) groups is 2. The van der Waals surface area contributed by atoms with Gasteiger partial charge in [0.25, 0.3) is 5.91 Å². The van der Waals surface area contributed by atoms with Crippen LogP contribution in [0.4, 0.5) is 20.7 Å². The number of carbonyl (C=O) groups excluding carboxylic acids is 1. The molecule has 0 radical (unpaired) electrons. The number of nitriles is 1. The van der Waals surface area contributed by atoms with Gasteiger partial charge in [-0.25, -0.2) is 9.18 Å². The van der Waals surface area contributed by atoms with Gasteiger partial charge in [-0.1, -0.05) is 19.3 Å². The lowest BCUT2D eigenvalue weighted by Crippen LogP contribution is -2.55. The molecular weight excluding hydrogens is 427 g/mol. The summed E-state index contributed by atoms with van der Waals surface area (Å²) in [4.78, 5) is 25.5. The highest BCUT2D eigenvalue weighted by Gasteiger charge is 2.46. The first-order valence-electron chi connectivity index (χ1n) is 11.2. The van der Waals surface area contributed by atoms with E-state index in [1.165, 1.54) is 35.4 Å². The summed E-state index contributed by atoms with van der Waals surface area (Å²) in [7, 11) is 0. The van der Waals surface area contributed by atoms with Crippen molar-refractivity contribution in [2.24, 2.45) is 17.6 Å². The zero-order chi connectivity index (χ0) is 23.5. The van der Waals surface area contributed by atoms with E-state index in [1.807, 2.05) is 0 Å². The van der Waals surface area contributed by atoms with Gasteiger partial charge in [0, 0.05) is 18.4 Å². The number of halogens is 1. The normalized spacial score (nSPS) is 23.6. The third-order valence-electron chi connectivity index (χ3n) is 6.78. The SMILES string of the molecule is N#C[C@@H]1C(C2CCCCC2)N(C(=O)O)CC[C@@H]1n1cc(C(N)=O)c(Nc2ccc(F)cc2)n1. The molecule has 33 heavy (non-hydrogen) atoms. The van der Waals surface area contributed by atoms with Gasteiger partial charge in [-0.2, -0.15) is 10.4 Å². The van der Waals surface area contributed by atoms with E-state index in [1.54, 1.807) is 4.68 Å². The van der Waals surface area contributed by atoms with E-state index in [0.29, 0.717) is 12.1 Å². The summed E-state index contributed by atoms with van der Waals surface area (Å²) in [5, 5.41) is 27.4. The average molecular weight is 455 g/mol. The molecule has 1 aromatic heterocycles. The fourth-order valence-corrected chi connectivity index (χ4v) is 5.23. The van der Waals surface area contributed by atoms with Crippen molar-refractivity contribution in [1.82, 2.24) is 14.7 Å². The van der Waals surface area contributed by atoms with E-state index in [-0.39, 0.29) is 23.8 Å². The second-order valence-corrected chi connectivity index (χ2v) is 8.74. The Morgan fingerprint density at radius 2 is 1.88 bits per heavy atom. The van der Waals surface area contributed by atoms with E-state index in [4.69, 9.17) is 5.73 Å². The summed E-state index contributed by atoms with van der Waals surface area (Å²) >= 11 is 0. The summed E-state index contributed by atoms with van der Waals surface area (Å²) in [6, 6.07) is 7.12. The average Bonchev–Trinajstić information content (AvgIpc) is 3.24. The molecule has 1 aliphatic heterocycles. The number of nitrogens with two attached hydrogens (primary N) is 1. The number of nitrogens with zero attached hydrogens (tertiary/aromatic N) is 4. The summed E-state index contributed by atoms with van der Waals surface area (Å²) in [5.74, 6) is -1.37. The number of amides is 2. The number of anilines is 2. The first kappa shape index (κ1) is 22.6. The molecule has 1 saturated carbocycles. The molecule has 2 amide bonds. The van der Waals surface area contributed by atoms with Crippen LogP contribution >= 0.6 is 0 Å². The lowest BCUT2D eigenvalue weighted by molar-refractivity contribution is 0.0291. The van der Waals surface area contributed by atoms with Gasteiger partial charge in [0.05, 0.1) is 24.1 Å². The van der Waals surface area contributed by atoms with Crippen LogP contribution in [0.25, 0.3) is 0 Å². The van der Waals surface area contributed by atoms with Crippen LogP contribution in [0.3, 0.4) is 0 Å². The van der Waals surface area contributed by atoms with Gasteiger partial charge in [0.15, 0.2) is 5.82 Å². The maximum absolute atomic E-state index is 13.2. The lowest BCUT2D eigenvalue weighted by atomic mass is 9.73. The molecule has 1 saturated heterocycles. The molecule has 0 spiro atoms. The van der Waals surface area contributed by atoms with Crippen molar-refractivity contribution in [3.63, 3.8) is 0 Å². The van der Waals surface area contributed by atoms with Gasteiger partial charge in [-0.3, -0.25) is 9.48 Å². The number of likely N-dealkylation sites (tertiary alicyclic amines) is 1. The number of primary amides is 1. The number of hydrogen-bond donors (Lipinski definition) is 3. The summed E-state index contributed by atoms with van der Waals surface area (Å²) < 4.78 is 14.8. The molecule has 2 aliphatic rings. The maximum atomic E-state index is 13.2. The van der Waals surface area contributed by atoms with Crippen molar-refractivity contribution in [2.45, 2.75) is 50.6 Å². The van der Waals surface area contributed by atoms with Crippen LogP contribution < -0.4 is 11.1 Å². The van der Waals surface area contributed by atoms with Gasteiger partial charge in [0.2, 0.25) is 0 Å². The Hall–Kier alpha value is -3.61. The van der Waals surface area contributed by atoms with Gasteiger partial charge in [-0.15, -0.1) is 0 Å². The number of aromatic nitrogens is 2. The largest absolute Gasteiger partial charge is 0.465 e. The minimum atomic E-state index is -1.01. The number of benzene rings is 1. The highest BCUT2D eigenvalue weighted by Crippen LogP contribution is 2.41. The van der Waals surface area contributed by atoms with Crippen molar-refractivity contribution >= 4 is 23.5 Å². The zero-order valence-corrected chi connectivity index (χ0v) is 18.2. The van der Waals surface area contributed by atoms with Gasteiger partial charge >= 0.3 is 6.09 Å². The highest BCUT2D eigenvalue weighted by atomic mass is 19.1. The predicted molar refractivity (Wildman–Crippen MR) is 118 cm³/mol. The molecule has 2 fully saturated rings. The molecule has 4 rings (SSSR count). The fourth-order valence-electron chi connectivity index (χ4n) is 5.23. The standard InChI is InChI=1S/C23H27FN6O3/c24-15-6-8-16(9-7-15)27-22-18(21(26)31)13-30(28-22)19-10-11-29(23(32)33)20(17(19)12-25)14-4-2-1-3-5-14/h6-9,13-14,17,19-20H,1-5,10-11H2,(H2,26,31)(H,27,28)(H,32,33)/t17-,19-,20?/m0/s1. The molecule has 9 nitrogen and oxygen atoms in total. The Morgan fingerprint density at radius 3 is 2.48 bits per heavy atom. The van der Waals surface area contributed by atoms with E-state index < -0.39 is 35.8 Å². The van der Waals surface area contributed by atoms with Crippen molar-refractivity contribution in [3.05, 3.63) is 41.8 Å². The summed E-state index contributed by atoms with van der Waals surface area (Å²) in [6.45, 7) is 0.284. The molecule has 4 N–H and O–H groups in total. The first-order chi connectivity index (χ1) is 15.9. The van der Waals surface area contributed by atoms with Crippen LogP contribution in [0, 0.1) is 29.0 Å². The van der Waals surface area contributed by atoms with Gasteiger partial charge in [0.1, 0.15) is 11.4 Å². The molecule has 3 atom stereocenters. The molecular formula is C23H27FN6O3. The number of rotatable bonds is 5. The highest BCUT2D eigenvalue weighted by molar-refractivity contribution is 5.98. The van der Waals surface area contributed by atoms with Crippen molar-refractivity contribution in [2.75, 3.05) is 11.9 Å². The predicted octanol–water partition coefficient (Wildman–Crippen LogP) is 3.88. The van der Waals surface area contributed by atoms with Gasteiger partial charge in [-0.05, 0) is 49.4 Å². The van der Waals surface area contributed by atoms with Crippen LogP contribution in [0.5, 0.6) is 0 Å². The smallest absolute Gasteiger partial charge is 0.407 e. The van der Waals surface area contributed by atoms with Crippen LogP contribution in [0.2, 0.25) is 0 Å². The third kappa shape index (κ3) is 4.62. The van der Waals surface area contributed by atoms with Crippen LogP contribution in [-0.4, -0.2) is 44.4 Å². The summed E-state index contributed by atoms with van der Waals surface area (Å²) in [6.07, 6.45) is 5.84. The van der Waals surface area contributed by atoms with E-state index >= 15 is 0 Å². The number of piperidine rings is 1. The quantitative estimate of drug-likeness (QED) is 0.627. The number of hydrogen-bond acceptors (Lipinski definition) is 5. The van der Waals surface area contributed by atoms with Crippen molar-refractivity contribution in [3.8, 4) is 6.07 Å². The molecule has 174 valence electrons. The molecule has 2 heterocycles. The van der Waals surface area contributed by atoms with E-state index in [2.05, 4.69) is 16.5 Å².